The van der Waals surface area contributed by atoms with Gasteiger partial charge in [-0.25, -0.2) is 4.79 Å². The lowest BCUT2D eigenvalue weighted by atomic mass is 9.86. The minimum Gasteiger partial charge on any atom is -0.450 e. The molecular formula is C18H24O2. The summed E-state index contributed by atoms with van der Waals surface area (Å²) in [4.78, 5) is 11.7. The van der Waals surface area contributed by atoms with Gasteiger partial charge >= 0.3 is 5.97 Å². The molecule has 0 amide bonds. The van der Waals surface area contributed by atoms with Crippen LogP contribution in [-0.2, 0) is 14.9 Å². The summed E-state index contributed by atoms with van der Waals surface area (Å²) in [7, 11) is 0. The number of esters is 1. The topological polar surface area (TPSA) is 26.3 Å². The van der Waals surface area contributed by atoms with Crippen molar-refractivity contribution in [2.45, 2.75) is 46.1 Å². The highest BCUT2D eigenvalue weighted by Crippen LogP contribution is 2.28. The van der Waals surface area contributed by atoms with E-state index in [2.05, 4.69) is 46.1 Å². The molecular weight excluding hydrogens is 248 g/mol. The Morgan fingerprint density at radius 1 is 1.10 bits per heavy atom. The zero-order chi connectivity index (χ0) is 15.5. The van der Waals surface area contributed by atoms with Crippen molar-refractivity contribution in [3.05, 3.63) is 59.7 Å². The van der Waals surface area contributed by atoms with Gasteiger partial charge in [0.2, 0.25) is 0 Å². The SMILES string of the molecule is C=C(C)C(=O)OC(C(=C)C)c1ccc(C(C)(C)C)cc1. The average Bonchev–Trinajstić information content (AvgIpc) is 2.34. The van der Waals surface area contributed by atoms with Crippen molar-refractivity contribution in [1.82, 2.24) is 0 Å². The van der Waals surface area contributed by atoms with E-state index in [1.807, 2.05) is 19.1 Å². The van der Waals surface area contributed by atoms with Crippen LogP contribution in [0.4, 0.5) is 0 Å². The third-order valence-electron chi connectivity index (χ3n) is 3.10. The van der Waals surface area contributed by atoms with E-state index in [1.54, 1.807) is 6.92 Å². The van der Waals surface area contributed by atoms with Crippen LogP contribution in [0.15, 0.2) is 48.6 Å². The Bertz CT molecular complexity index is 515. The molecule has 0 aromatic heterocycles. The highest BCUT2D eigenvalue weighted by atomic mass is 16.5. The summed E-state index contributed by atoms with van der Waals surface area (Å²) < 4.78 is 5.45. The van der Waals surface area contributed by atoms with E-state index in [1.165, 1.54) is 5.56 Å². The number of rotatable bonds is 4. The second kappa shape index (κ2) is 6.08. The van der Waals surface area contributed by atoms with Crippen molar-refractivity contribution < 1.29 is 9.53 Å². The minimum atomic E-state index is -0.423. The molecule has 2 heteroatoms. The summed E-state index contributed by atoms with van der Waals surface area (Å²) in [5.41, 5.74) is 3.46. The van der Waals surface area contributed by atoms with E-state index >= 15 is 0 Å². The molecule has 0 spiro atoms. The second-order valence-electron chi connectivity index (χ2n) is 6.28. The lowest BCUT2D eigenvalue weighted by molar-refractivity contribution is -0.142. The normalized spacial score (nSPS) is 12.7. The van der Waals surface area contributed by atoms with Gasteiger partial charge in [-0.15, -0.1) is 0 Å². The maximum absolute atomic E-state index is 11.7. The fourth-order valence-corrected chi connectivity index (χ4v) is 1.82. The quantitative estimate of drug-likeness (QED) is 0.450. The number of ether oxygens (including phenoxy) is 1. The summed E-state index contributed by atoms with van der Waals surface area (Å²) >= 11 is 0. The Balaban J connectivity index is 3.02. The zero-order valence-electron chi connectivity index (χ0n) is 13.1. The van der Waals surface area contributed by atoms with Gasteiger partial charge in [0.1, 0.15) is 6.10 Å². The maximum atomic E-state index is 11.7. The highest BCUT2D eigenvalue weighted by Gasteiger charge is 2.19. The van der Waals surface area contributed by atoms with Crippen LogP contribution in [0.1, 0.15) is 51.8 Å². The van der Waals surface area contributed by atoms with E-state index in [0.717, 1.165) is 11.1 Å². The van der Waals surface area contributed by atoms with Gasteiger partial charge in [0.25, 0.3) is 0 Å². The van der Waals surface area contributed by atoms with Crippen LogP contribution in [0.3, 0.4) is 0 Å². The number of carbonyl (C=O) groups excluding carboxylic acids is 1. The first-order chi connectivity index (χ1) is 9.12. The predicted molar refractivity (Wildman–Crippen MR) is 83.6 cm³/mol. The molecule has 0 saturated heterocycles. The molecule has 0 aliphatic carbocycles. The summed E-state index contributed by atoms with van der Waals surface area (Å²) in [5.74, 6) is -0.391. The van der Waals surface area contributed by atoms with Crippen LogP contribution >= 0.6 is 0 Å². The van der Waals surface area contributed by atoms with Crippen molar-refractivity contribution in [3.63, 3.8) is 0 Å². The fourth-order valence-electron chi connectivity index (χ4n) is 1.82. The highest BCUT2D eigenvalue weighted by molar-refractivity contribution is 5.87. The number of hydrogen-bond acceptors (Lipinski definition) is 2. The molecule has 0 saturated carbocycles. The molecule has 0 aliphatic heterocycles. The van der Waals surface area contributed by atoms with Crippen molar-refractivity contribution in [2.75, 3.05) is 0 Å². The van der Waals surface area contributed by atoms with Crippen LogP contribution in [0, 0.1) is 0 Å². The lowest BCUT2D eigenvalue weighted by Crippen LogP contribution is -2.14. The van der Waals surface area contributed by atoms with Gasteiger partial charge in [0, 0.05) is 5.57 Å². The van der Waals surface area contributed by atoms with E-state index < -0.39 is 12.1 Å². The molecule has 1 rings (SSSR count). The van der Waals surface area contributed by atoms with Crippen molar-refractivity contribution in [3.8, 4) is 0 Å². The Hall–Kier alpha value is -1.83. The Morgan fingerprint density at radius 2 is 1.60 bits per heavy atom. The van der Waals surface area contributed by atoms with Gasteiger partial charge in [-0.3, -0.25) is 0 Å². The first kappa shape index (κ1) is 16.2. The Morgan fingerprint density at radius 3 is 1.95 bits per heavy atom. The molecule has 2 nitrogen and oxygen atoms in total. The first-order valence-corrected chi connectivity index (χ1v) is 6.75. The van der Waals surface area contributed by atoms with Gasteiger partial charge < -0.3 is 4.74 Å². The Labute approximate surface area is 122 Å². The van der Waals surface area contributed by atoms with Crippen LogP contribution in [0.25, 0.3) is 0 Å². The van der Waals surface area contributed by atoms with Gasteiger partial charge in [-0.05, 0) is 36.0 Å². The molecule has 1 unspecified atom stereocenters. The van der Waals surface area contributed by atoms with Crippen molar-refractivity contribution in [1.29, 1.82) is 0 Å². The molecule has 0 bridgehead atoms. The van der Waals surface area contributed by atoms with Crippen LogP contribution in [0.2, 0.25) is 0 Å². The molecule has 0 N–H and O–H groups in total. The molecule has 108 valence electrons. The monoisotopic (exact) mass is 272 g/mol. The van der Waals surface area contributed by atoms with Crippen LogP contribution in [-0.4, -0.2) is 5.97 Å². The predicted octanol–water partition coefficient (Wildman–Crippen LogP) is 4.72. The average molecular weight is 272 g/mol. The van der Waals surface area contributed by atoms with Gasteiger partial charge in [0.05, 0.1) is 0 Å². The largest absolute Gasteiger partial charge is 0.450 e. The number of carbonyl (C=O) groups is 1. The molecule has 0 radical (unpaired) electrons. The number of hydrogen-bond donors (Lipinski definition) is 0. The van der Waals surface area contributed by atoms with E-state index in [4.69, 9.17) is 4.74 Å². The van der Waals surface area contributed by atoms with Gasteiger partial charge in [-0.2, -0.15) is 0 Å². The molecule has 1 atom stereocenters. The van der Waals surface area contributed by atoms with Gasteiger partial charge in [0.15, 0.2) is 0 Å². The van der Waals surface area contributed by atoms with Crippen LogP contribution < -0.4 is 0 Å². The molecule has 1 aromatic rings. The van der Waals surface area contributed by atoms with E-state index in [9.17, 15) is 4.79 Å². The lowest BCUT2D eigenvalue weighted by Gasteiger charge is -2.22. The second-order valence-corrected chi connectivity index (χ2v) is 6.28. The Kier molecular flexibility index (Phi) is 4.93. The van der Waals surface area contributed by atoms with Crippen molar-refractivity contribution >= 4 is 5.97 Å². The molecule has 1 aromatic carbocycles. The van der Waals surface area contributed by atoms with Crippen molar-refractivity contribution in [2.24, 2.45) is 0 Å². The van der Waals surface area contributed by atoms with E-state index in [-0.39, 0.29) is 5.41 Å². The number of benzene rings is 1. The standard InChI is InChI=1S/C18H24O2/c1-12(2)16(20-17(19)13(3)4)14-8-10-15(11-9-14)18(5,6)7/h8-11,16H,1,3H2,2,4-7H3. The molecule has 0 aliphatic rings. The smallest absolute Gasteiger partial charge is 0.334 e. The summed E-state index contributed by atoms with van der Waals surface area (Å²) in [6, 6.07) is 8.12. The minimum absolute atomic E-state index is 0.103. The zero-order valence-corrected chi connectivity index (χ0v) is 13.1. The summed E-state index contributed by atoms with van der Waals surface area (Å²) in [6.07, 6.45) is -0.423. The summed E-state index contributed by atoms with van der Waals surface area (Å²) in [6.45, 7) is 17.5. The molecule has 0 heterocycles. The molecule has 0 fully saturated rings. The van der Waals surface area contributed by atoms with Gasteiger partial charge in [-0.1, -0.05) is 58.2 Å². The fraction of sp³-hybridized carbons (Fsp3) is 0.389. The maximum Gasteiger partial charge on any atom is 0.334 e. The third kappa shape index (κ3) is 4.09. The summed E-state index contributed by atoms with van der Waals surface area (Å²) in [5, 5.41) is 0. The first-order valence-electron chi connectivity index (χ1n) is 6.75. The third-order valence-corrected chi connectivity index (χ3v) is 3.10. The molecule has 20 heavy (non-hydrogen) atoms. The van der Waals surface area contributed by atoms with Crippen LogP contribution in [0.5, 0.6) is 0 Å². The van der Waals surface area contributed by atoms with E-state index in [0.29, 0.717) is 5.57 Å².